The summed E-state index contributed by atoms with van der Waals surface area (Å²) in [5.74, 6) is 2.37. The van der Waals surface area contributed by atoms with Crippen molar-refractivity contribution in [1.29, 1.82) is 0 Å². The Morgan fingerprint density at radius 3 is 2.55 bits per heavy atom. The van der Waals surface area contributed by atoms with Crippen LogP contribution in [0.1, 0.15) is 5.82 Å². The van der Waals surface area contributed by atoms with E-state index in [4.69, 9.17) is 4.74 Å². The van der Waals surface area contributed by atoms with Gasteiger partial charge in [0.1, 0.15) is 12.4 Å². The summed E-state index contributed by atoms with van der Waals surface area (Å²) in [4.78, 5) is 0. The predicted octanol–water partition coefficient (Wildman–Crippen LogP) is 4.59. The van der Waals surface area contributed by atoms with Crippen molar-refractivity contribution in [3.63, 3.8) is 0 Å². The van der Waals surface area contributed by atoms with E-state index in [1.807, 2.05) is 60.1 Å². The molecule has 1 heterocycles. The molecule has 3 aromatic rings. The van der Waals surface area contributed by atoms with Crippen molar-refractivity contribution in [3.8, 4) is 17.1 Å². The lowest BCUT2D eigenvalue weighted by atomic mass is 10.2. The third kappa shape index (κ3) is 3.23. The molecule has 6 heteroatoms. The number of rotatable bonds is 4. The molecule has 1 aromatic heterocycles. The van der Waals surface area contributed by atoms with E-state index in [1.165, 1.54) is 0 Å². The van der Waals surface area contributed by atoms with Crippen LogP contribution in [0.4, 0.5) is 0 Å². The quantitative estimate of drug-likeness (QED) is 0.617. The third-order valence-electron chi connectivity index (χ3n) is 3.25. The summed E-state index contributed by atoms with van der Waals surface area (Å²) < 4.78 is 9.66. The molecule has 2 aromatic carbocycles. The van der Waals surface area contributed by atoms with Crippen LogP contribution in [0.5, 0.6) is 5.75 Å². The minimum absolute atomic E-state index is 0.358. The van der Waals surface area contributed by atoms with E-state index < -0.39 is 0 Å². The monoisotopic (exact) mass is 421 g/mol. The Balaban J connectivity index is 1.78. The lowest BCUT2D eigenvalue weighted by molar-refractivity contribution is 0.289. The number of halogens is 2. The standard InChI is InChI=1S/C16H13Br2N3O/c1-21-15(10-22-14-8-7-12(17)9-13(14)18)19-20-16(21)11-5-3-2-4-6-11/h2-9H,10H2,1H3. The number of hydrogen-bond acceptors (Lipinski definition) is 3. The van der Waals surface area contributed by atoms with Crippen molar-refractivity contribution in [2.75, 3.05) is 0 Å². The average Bonchev–Trinajstić information content (AvgIpc) is 2.88. The summed E-state index contributed by atoms with van der Waals surface area (Å²) in [6.07, 6.45) is 0. The van der Waals surface area contributed by atoms with E-state index in [0.717, 1.165) is 31.9 Å². The molecule has 0 spiro atoms. The molecule has 0 saturated heterocycles. The third-order valence-corrected chi connectivity index (χ3v) is 4.36. The molecule has 0 atom stereocenters. The molecule has 0 N–H and O–H groups in total. The van der Waals surface area contributed by atoms with Crippen LogP contribution in [0, 0.1) is 0 Å². The van der Waals surface area contributed by atoms with E-state index >= 15 is 0 Å². The minimum Gasteiger partial charge on any atom is -0.484 e. The van der Waals surface area contributed by atoms with Crippen molar-refractivity contribution in [1.82, 2.24) is 14.8 Å². The van der Waals surface area contributed by atoms with Crippen LogP contribution < -0.4 is 4.74 Å². The number of aromatic nitrogens is 3. The van der Waals surface area contributed by atoms with Crippen LogP contribution in [-0.4, -0.2) is 14.8 Å². The molecule has 0 aliphatic rings. The normalized spacial score (nSPS) is 10.7. The van der Waals surface area contributed by atoms with Gasteiger partial charge >= 0.3 is 0 Å². The smallest absolute Gasteiger partial charge is 0.171 e. The topological polar surface area (TPSA) is 39.9 Å². The molecule has 4 nitrogen and oxygen atoms in total. The zero-order valence-electron chi connectivity index (χ0n) is 11.8. The first-order valence-corrected chi connectivity index (χ1v) is 8.25. The van der Waals surface area contributed by atoms with Gasteiger partial charge in [-0.05, 0) is 34.1 Å². The Hall–Kier alpha value is -1.66. The molecule has 0 bridgehead atoms. The van der Waals surface area contributed by atoms with Crippen LogP contribution in [-0.2, 0) is 13.7 Å². The summed E-state index contributed by atoms with van der Waals surface area (Å²) in [6, 6.07) is 15.8. The molecular formula is C16H13Br2N3O. The lowest BCUT2D eigenvalue weighted by Gasteiger charge is -2.08. The molecular weight excluding hydrogens is 410 g/mol. The lowest BCUT2D eigenvalue weighted by Crippen LogP contribution is -2.04. The van der Waals surface area contributed by atoms with E-state index in [9.17, 15) is 0 Å². The van der Waals surface area contributed by atoms with E-state index in [1.54, 1.807) is 0 Å². The Morgan fingerprint density at radius 2 is 1.82 bits per heavy atom. The molecule has 3 rings (SSSR count). The summed E-state index contributed by atoms with van der Waals surface area (Å²) in [7, 11) is 1.94. The molecule has 0 amide bonds. The Labute approximate surface area is 145 Å². The van der Waals surface area contributed by atoms with Gasteiger partial charge in [-0.25, -0.2) is 0 Å². The molecule has 0 saturated carbocycles. The fourth-order valence-electron chi connectivity index (χ4n) is 2.06. The van der Waals surface area contributed by atoms with Gasteiger partial charge in [-0.1, -0.05) is 46.3 Å². The second-order valence-corrected chi connectivity index (χ2v) is 6.50. The van der Waals surface area contributed by atoms with Crippen LogP contribution in [0.3, 0.4) is 0 Å². The maximum atomic E-state index is 5.82. The summed E-state index contributed by atoms with van der Waals surface area (Å²) in [5.41, 5.74) is 1.04. The van der Waals surface area contributed by atoms with Crippen LogP contribution in [0.2, 0.25) is 0 Å². The Kier molecular flexibility index (Phi) is 4.59. The van der Waals surface area contributed by atoms with E-state index in [2.05, 4.69) is 42.1 Å². The molecule has 0 unspecified atom stereocenters. The van der Waals surface area contributed by atoms with Crippen LogP contribution in [0.25, 0.3) is 11.4 Å². The molecule has 22 heavy (non-hydrogen) atoms. The molecule has 0 aliphatic carbocycles. The number of ether oxygens (including phenoxy) is 1. The van der Waals surface area contributed by atoms with Gasteiger partial charge in [0.2, 0.25) is 0 Å². The minimum atomic E-state index is 0.358. The van der Waals surface area contributed by atoms with Gasteiger partial charge in [0.15, 0.2) is 11.6 Å². The highest BCUT2D eigenvalue weighted by atomic mass is 79.9. The van der Waals surface area contributed by atoms with Crippen LogP contribution >= 0.6 is 31.9 Å². The fourth-order valence-corrected chi connectivity index (χ4v) is 3.22. The highest BCUT2D eigenvalue weighted by molar-refractivity contribution is 9.11. The largest absolute Gasteiger partial charge is 0.484 e. The van der Waals surface area contributed by atoms with Crippen LogP contribution in [0.15, 0.2) is 57.5 Å². The summed E-state index contributed by atoms with van der Waals surface area (Å²) >= 11 is 6.90. The predicted molar refractivity (Wildman–Crippen MR) is 92.6 cm³/mol. The average molecular weight is 423 g/mol. The Bertz CT molecular complexity index is 787. The highest BCUT2D eigenvalue weighted by Crippen LogP contribution is 2.29. The van der Waals surface area contributed by atoms with Gasteiger partial charge in [0, 0.05) is 17.1 Å². The zero-order chi connectivity index (χ0) is 15.5. The Morgan fingerprint density at radius 1 is 1.05 bits per heavy atom. The first kappa shape index (κ1) is 15.2. The second kappa shape index (κ2) is 6.62. The van der Waals surface area contributed by atoms with Gasteiger partial charge in [-0.3, -0.25) is 0 Å². The summed E-state index contributed by atoms with van der Waals surface area (Å²) in [6.45, 7) is 0.358. The first-order valence-electron chi connectivity index (χ1n) is 6.66. The van der Waals surface area contributed by atoms with E-state index in [-0.39, 0.29) is 0 Å². The number of hydrogen-bond donors (Lipinski definition) is 0. The number of benzene rings is 2. The fraction of sp³-hybridized carbons (Fsp3) is 0.125. The van der Waals surface area contributed by atoms with Crippen molar-refractivity contribution >= 4 is 31.9 Å². The van der Waals surface area contributed by atoms with E-state index in [0.29, 0.717) is 6.61 Å². The maximum absolute atomic E-state index is 5.82. The van der Waals surface area contributed by atoms with Gasteiger partial charge < -0.3 is 9.30 Å². The molecule has 0 fully saturated rings. The van der Waals surface area contributed by atoms with Gasteiger partial charge in [-0.15, -0.1) is 10.2 Å². The summed E-state index contributed by atoms with van der Waals surface area (Å²) in [5, 5.41) is 8.47. The van der Waals surface area contributed by atoms with Gasteiger partial charge in [0.25, 0.3) is 0 Å². The first-order chi connectivity index (χ1) is 10.6. The van der Waals surface area contributed by atoms with Crippen molar-refractivity contribution < 1.29 is 4.74 Å². The molecule has 0 aliphatic heterocycles. The van der Waals surface area contributed by atoms with Crippen molar-refractivity contribution in [2.45, 2.75) is 6.61 Å². The van der Waals surface area contributed by atoms with Crippen molar-refractivity contribution in [3.05, 3.63) is 63.3 Å². The maximum Gasteiger partial charge on any atom is 0.171 e. The van der Waals surface area contributed by atoms with Crippen molar-refractivity contribution in [2.24, 2.45) is 7.05 Å². The van der Waals surface area contributed by atoms with Gasteiger partial charge in [-0.2, -0.15) is 0 Å². The molecule has 112 valence electrons. The zero-order valence-corrected chi connectivity index (χ0v) is 15.0. The second-order valence-electron chi connectivity index (χ2n) is 4.73. The molecule has 0 radical (unpaired) electrons. The highest BCUT2D eigenvalue weighted by Gasteiger charge is 2.11. The number of nitrogens with zero attached hydrogens (tertiary/aromatic N) is 3. The van der Waals surface area contributed by atoms with Gasteiger partial charge in [0.05, 0.1) is 4.47 Å². The SMILES string of the molecule is Cn1c(COc2ccc(Br)cc2Br)nnc1-c1ccccc1.